The Kier molecular flexibility index (Phi) is 8.80. The molecule has 0 aliphatic rings. The summed E-state index contributed by atoms with van der Waals surface area (Å²) in [5.74, 6) is -0.563. The van der Waals surface area contributed by atoms with Crippen molar-refractivity contribution in [2.75, 3.05) is 23.7 Å². The lowest BCUT2D eigenvalue weighted by Gasteiger charge is -2.15. The van der Waals surface area contributed by atoms with Gasteiger partial charge in [-0.3, -0.25) is 14.4 Å². The molecule has 0 heterocycles. The quantitative estimate of drug-likeness (QED) is 0.363. The van der Waals surface area contributed by atoms with Crippen molar-refractivity contribution in [3.63, 3.8) is 0 Å². The monoisotopic (exact) mass is 458 g/mol. The van der Waals surface area contributed by atoms with Gasteiger partial charge in [0, 0.05) is 29.0 Å². The Morgan fingerprint density at radius 1 is 0.794 bits per heavy atom. The first-order chi connectivity index (χ1) is 16.5. The smallest absolute Gasteiger partial charge is 0.251 e. The van der Waals surface area contributed by atoms with Crippen LogP contribution in [0.1, 0.15) is 52.6 Å². The minimum absolute atomic E-state index is 0.0320. The van der Waals surface area contributed by atoms with Crippen LogP contribution in [0.2, 0.25) is 0 Å². The van der Waals surface area contributed by atoms with Gasteiger partial charge in [-0.25, -0.2) is 0 Å². The molecule has 3 aromatic rings. The molecule has 1 atom stereocenters. The molecular weight excluding hydrogens is 428 g/mol. The van der Waals surface area contributed by atoms with E-state index in [2.05, 4.69) is 21.3 Å². The zero-order valence-corrected chi connectivity index (χ0v) is 19.4. The number of hydrogen-bond donors (Lipinski definition) is 4. The van der Waals surface area contributed by atoms with Crippen LogP contribution in [-0.2, 0) is 4.79 Å². The third-order valence-electron chi connectivity index (χ3n) is 5.19. The van der Waals surface area contributed by atoms with Crippen LogP contribution in [-0.4, -0.2) is 30.8 Å². The van der Waals surface area contributed by atoms with Gasteiger partial charge in [0.25, 0.3) is 11.8 Å². The second-order valence-electron chi connectivity index (χ2n) is 7.92. The van der Waals surface area contributed by atoms with Crippen LogP contribution < -0.4 is 21.3 Å². The van der Waals surface area contributed by atoms with Gasteiger partial charge in [0.15, 0.2) is 0 Å². The van der Waals surface area contributed by atoms with Crippen molar-refractivity contribution < 1.29 is 14.4 Å². The Hall–Kier alpha value is -4.13. The van der Waals surface area contributed by atoms with Crippen molar-refractivity contribution in [2.45, 2.75) is 26.3 Å². The average Bonchev–Trinajstić information content (AvgIpc) is 2.87. The van der Waals surface area contributed by atoms with Crippen LogP contribution in [0.4, 0.5) is 11.4 Å². The van der Waals surface area contributed by atoms with Gasteiger partial charge in [-0.05, 0) is 61.4 Å². The zero-order chi connectivity index (χ0) is 24.3. The molecule has 0 bridgehead atoms. The third-order valence-corrected chi connectivity index (χ3v) is 5.19. The molecule has 3 aromatic carbocycles. The molecular formula is C27H30N4O3. The normalized spacial score (nSPS) is 11.2. The maximum absolute atomic E-state index is 12.6. The summed E-state index contributed by atoms with van der Waals surface area (Å²) in [5, 5.41) is 11.6. The summed E-state index contributed by atoms with van der Waals surface area (Å²) in [4.78, 5) is 36.9. The maximum atomic E-state index is 12.6. The minimum Gasteiger partial charge on any atom is -0.376 e. The fourth-order valence-electron chi connectivity index (χ4n) is 3.31. The summed E-state index contributed by atoms with van der Waals surface area (Å²) in [7, 11) is 0. The Balaban J connectivity index is 1.50. The highest BCUT2D eigenvalue weighted by atomic mass is 16.2. The highest BCUT2D eigenvalue weighted by Gasteiger charge is 2.12. The molecule has 0 saturated carbocycles. The molecule has 0 fully saturated rings. The van der Waals surface area contributed by atoms with Gasteiger partial charge in [-0.2, -0.15) is 0 Å². The van der Waals surface area contributed by atoms with E-state index in [-0.39, 0.29) is 30.3 Å². The average molecular weight is 459 g/mol. The molecule has 3 amide bonds. The summed E-state index contributed by atoms with van der Waals surface area (Å²) in [6, 6.07) is 23.4. The second kappa shape index (κ2) is 12.2. The highest BCUT2D eigenvalue weighted by molar-refractivity contribution is 5.97. The lowest BCUT2D eigenvalue weighted by Crippen LogP contribution is -2.27. The largest absolute Gasteiger partial charge is 0.376 e. The summed E-state index contributed by atoms with van der Waals surface area (Å²) in [5.41, 5.74) is 3.34. The Labute approximate surface area is 200 Å². The Bertz CT molecular complexity index is 1110. The van der Waals surface area contributed by atoms with Crippen LogP contribution >= 0.6 is 0 Å². The molecule has 0 aromatic heterocycles. The molecule has 1 unspecified atom stereocenters. The number of carbonyl (C=O) groups is 3. The first-order valence-electron chi connectivity index (χ1n) is 11.3. The first-order valence-corrected chi connectivity index (χ1v) is 11.3. The molecule has 0 radical (unpaired) electrons. The first kappa shape index (κ1) is 24.5. The summed E-state index contributed by atoms with van der Waals surface area (Å²) < 4.78 is 0. The fraction of sp³-hybridized carbons (Fsp3) is 0.222. The maximum Gasteiger partial charge on any atom is 0.251 e. The summed E-state index contributed by atoms with van der Waals surface area (Å²) in [6.07, 6.45) is 0.868. The van der Waals surface area contributed by atoms with E-state index in [1.54, 1.807) is 48.5 Å². The number of amides is 3. The topological polar surface area (TPSA) is 99.3 Å². The molecule has 4 N–H and O–H groups in total. The minimum atomic E-state index is -0.240. The molecule has 0 aliphatic carbocycles. The van der Waals surface area contributed by atoms with E-state index in [0.717, 1.165) is 12.0 Å². The molecule has 0 spiro atoms. The number of carbonyl (C=O) groups excluding carboxylic acids is 3. The highest BCUT2D eigenvalue weighted by Crippen LogP contribution is 2.15. The van der Waals surface area contributed by atoms with Crippen LogP contribution in [0.3, 0.4) is 0 Å². The Morgan fingerprint density at radius 2 is 1.53 bits per heavy atom. The van der Waals surface area contributed by atoms with Crippen molar-refractivity contribution in [1.82, 2.24) is 10.6 Å². The van der Waals surface area contributed by atoms with E-state index in [4.69, 9.17) is 0 Å². The molecule has 7 nitrogen and oxygen atoms in total. The second-order valence-corrected chi connectivity index (χ2v) is 7.92. The van der Waals surface area contributed by atoms with Gasteiger partial charge in [-0.1, -0.05) is 43.3 Å². The molecule has 0 aliphatic heterocycles. The van der Waals surface area contributed by atoms with Crippen molar-refractivity contribution >= 4 is 29.1 Å². The van der Waals surface area contributed by atoms with E-state index in [0.29, 0.717) is 29.0 Å². The Morgan fingerprint density at radius 3 is 2.24 bits per heavy atom. The van der Waals surface area contributed by atoms with E-state index in [1.807, 2.05) is 44.2 Å². The lowest BCUT2D eigenvalue weighted by atomic mass is 10.1. The van der Waals surface area contributed by atoms with E-state index < -0.39 is 0 Å². The van der Waals surface area contributed by atoms with E-state index >= 15 is 0 Å². The van der Waals surface area contributed by atoms with E-state index in [1.165, 1.54) is 0 Å². The molecule has 0 saturated heterocycles. The predicted octanol–water partition coefficient (Wildman–Crippen LogP) is 4.37. The van der Waals surface area contributed by atoms with Gasteiger partial charge in [0.05, 0.1) is 12.6 Å². The van der Waals surface area contributed by atoms with Crippen LogP contribution in [0.15, 0.2) is 78.9 Å². The van der Waals surface area contributed by atoms with Crippen molar-refractivity contribution in [2.24, 2.45) is 0 Å². The number of anilines is 2. The van der Waals surface area contributed by atoms with Gasteiger partial charge in [0.1, 0.15) is 0 Å². The van der Waals surface area contributed by atoms with Crippen LogP contribution in [0.25, 0.3) is 0 Å². The van der Waals surface area contributed by atoms with Gasteiger partial charge in [0.2, 0.25) is 5.91 Å². The molecule has 7 heteroatoms. The van der Waals surface area contributed by atoms with Gasteiger partial charge < -0.3 is 21.3 Å². The number of nitrogens with one attached hydrogen (secondary N) is 4. The molecule has 3 rings (SSSR count). The fourth-order valence-corrected chi connectivity index (χ4v) is 3.31. The van der Waals surface area contributed by atoms with Gasteiger partial charge in [-0.15, -0.1) is 0 Å². The zero-order valence-electron chi connectivity index (χ0n) is 19.4. The summed E-state index contributed by atoms with van der Waals surface area (Å²) in [6.45, 7) is 4.58. The number of hydrogen-bond acceptors (Lipinski definition) is 4. The third kappa shape index (κ3) is 7.20. The molecule has 34 heavy (non-hydrogen) atoms. The lowest BCUT2D eigenvalue weighted by molar-refractivity contribution is -0.114. The SMILES string of the molecule is CCCNC(=O)c1ccc(NC(=O)CNc2cccc(C(=O)NC(C)c3ccccc3)c2)cc1. The van der Waals surface area contributed by atoms with Crippen LogP contribution in [0.5, 0.6) is 0 Å². The summed E-state index contributed by atoms with van der Waals surface area (Å²) >= 11 is 0. The number of rotatable bonds is 10. The standard InChI is InChI=1S/C27H30N4O3/c1-3-16-28-26(33)21-12-14-23(15-13-21)31-25(32)18-29-24-11-7-10-22(17-24)27(34)30-19(2)20-8-5-4-6-9-20/h4-15,17,19,29H,3,16,18H2,1-2H3,(H,28,33)(H,30,34)(H,31,32). The van der Waals surface area contributed by atoms with Crippen molar-refractivity contribution in [1.29, 1.82) is 0 Å². The number of benzene rings is 3. The van der Waals surface area contributed by atoms with Crippen molar-refractivity contribution in [3.05, 3.63) is 95.6 Å². The van der Waals surface area contributed by atoms with Crippen LogP contribution in [0, 0.1) is 0 Å². The van der Waals surface area contributed by atoms with E-state index in [9.17, 15) is 14.4 Å². The van der Waals surface area contributed by atoms with Crippen molar-refractivity contribution in [3.8, 4) is 0 Å². The van der Waals surface area contributed by atoms with Gasteiger partial charge >= 0.3 is 0 Å². The molecule has 176 valence electrons. The predicted molar refractivity (Wildman–Crippen MR) is 135 cm³/mol.